The Morgan fingerprint density at radius 2 is 2.19 bits per heavy atom. The largest absolute Gasteiger partial charge is 0.322 e. The third-order valence-electron chi connectivity index (χ3n) is 2.41. The summed E-state index contributed by atoms with van der Waals surface area (Å²) in [6, 6.07) is -0.772. The van der Waals surface area contributed by atoms with Crippen molar-refractivity contribution in [2.75, 3.05) is 0 Å². The summed E-state index contributed by atoms with van der Waals surface area (Å²) in [6.45, 7) is 0. The lowest BCUT2D eigenvalue weighted by Crippen LogP contribution is -2.59. The minimum absolute atomic E-state index is 0.00889. The van der Waals surface area contributed by atoms with E-state index in [1.807, 2.05) is 0 Å². The molecule has 1 aromatic heterocycles. The van der Waals surface area contributed by atoms with Crippen LogP contribution in [0.25, 0.3) is 0 Å². The Hall–Kier alpha value is -1.02. The number of hydrogen-bond acceptors (Lipinski definition) is 6. The number of rotatable bonds is 2. The second-order valence-corrected chi connectivity index (χ2v) is 6.68. The smallest absolute Gasteiger partial charge is 0.229 e. The zero-order valence-corrected chi connectivity index (χ0v) is 9.91. The van der Waals surface area contributed by atoms with Crippen molar-refractivity contribution in [3.05, 3.63) is 35.9 Å². The van der Waals surface area contributed by atoms with Crippen molar-refractivity contribution in [2.45, 2.75) is 15.3 Å². The van der Waals surface area contributed by atoms with Crippen LogP contribution >= 0.6 is 11.3 Å². The molecular weight excluding hydrogens is 246 g/mol. The first kappa shape index (κ1) is 11.5. The van der Waals surface area contributed by atoms with Gasteiger partial charge in [0.25, 0.3) is 0 Å². The van der Waals surface area contributed by atoms with Crippen molar-refractivity contribution >= 4 is 21.2 Å². The molecule has 5 nitrogen and oxygen atoms in total. The van der Waals surface area contributed by atoms with Crippen LogP contribution in [0, 0.1) is 0 Å². The van der Waals surface area contributed by atoms with Crippen LogP contribution in [-0.4, -0.2) is 24.3 Å². The Labute approximate surface area is 97.4 Å². The molecular formula is C9H11N3O2S2. The number of hydrogen-bond donors (Lipinski definition) is 2. The summed E-state index contributed by atoms with van der Waals surface area (Å²) < 4.78 is 24.5. The molecule has 0 aliphatic heterocycles. The molecule has 1 aliphatic rings. The highest BCUT2D eigenvalue weighted by Gasteiger charge is 2.45. The van der Waals surface area contributed by atoms with Crippen LogP contribution in [0.15, 0.2) is 40.2 Å². The van der Waals surface area contributed by atoms with E-state index in [4.69, 9.17) is 11.5 Å². The molecule has 4 N–H and O–H groups in total. The van der Waals surface area contributed by atoms with E-state index in [1.165, 1.54) is 12.3 Å². The lowest BCUT2D eigenvalue weighted by molar-refractivity contribution is 0.531. The highest BCUT2D eigenvalue weighted by atomic mass is 32.2. The van der Waals surface area contributed by atoms with Gasteiger partial charge in [-0.05, 0) is 6.08 Å². The van der Waals surface area contributed by atoms with Gasteiger partial charge in [-0.2, -0.15) is 0 Å². The van der Waals surface area contributed by atoms with E-state index in [0.29, 0.717) is 0 Å². The molecule has 2 rings (SSSR count). The first-order valence-electron chi connectivity index (χ1n) is 4.53. The molecule has 0 spiro atoms. The van der Waals surface area contributed by atoms with Gasteiger partial charge in [0.1, 0.15) is 0 Å². The fourth-order valence-electron chi connectivity index (χ4n) is 1.41. The van der Waals surface area contributed by atoms with Gasteiger partial charge in [-0.25, -0.2) is 13.4 Å². The van der Waals surface area contributed by atoms with E-state index >= 15 is 0 Å². The molecule has 16 heavy (non-hydrogen) atoms. The van der Waals surface area contributed by atoms with Gasteiger partial charge in [0, 0.05) is 11.6 Å². The summed E-state index contributed by atoms with van der Waals surface area (Å²) >= 11 is 1.03. The number of sulfone groups is 1. The Balaban J connectivity index is 2.53. The fraction of sp³-hybridized carbons (Fsp3) is 0.222. The van der Waals surface area contributed by atoms with Gasteiger partial charge >= 0.3 is 0 Å². The third-order valence-corrected chi connectivity index (χ3v) is 5.83. The summed E-state index contributed by atoms with van der Waals surface area (Å²) in [6.07, 6.45) is 7.63. The number of aromatic nitrogens is 1. The van der Waals surface area contributed by atoms with E-state index in [1.54, 1.807) is 23.6 Å². The molecule has 2 unspecified atom stereocenters. The van der Waals surface area contributed by atoms with Crippen LogP contribution in [-0.2, 0) is 9.84 Å². The van der Waals surface area contributed by atoms with Crippen LogP contribution < -0.4 is 11.5 Å². The Morgan fingerprint density at radius 3 is 2.75 bits per heavy atom. The quantitative estimate of drug-likeness (QED) is 0.778. The molecule has 1 aromatic rings. The third kappa shape index (κ3) is 1.52. The second kappa shape index (κ2) is 3.77. The standard InChI is InChI=1S/C9H11N3O2S2/c10-7-3-1-2-4-9(7,11)16(13,14)8-12-5-6-15-8/h1-7H,10-11H2. The normalized spacial score (nSPS) is 29.5. The highest BCUT2D eigenvalue weighted by Crippen LogP contribution is 2.28. The average Bonchev–Trinajstić information content (AvgIpc) is 2.76. The first-order chi connectivity index (χ1) is 7.48. The molecule has 0 amide bonds. The fourth-order valence-corrected chi connectivity index (χ4v) is 4.08. The van der Waals surface area contributed by atoms with Crippen LogP contribution in [0.5, 0.6) is 0 Å². The monoisotopic (exact) mass is 257 g/mol. The molecule has 0 radical (unpaired) electrons. The summed E-state index contributed by atoms with van der Waals surface area (Å²) in [4.78, 5) is 2.17. The molecule has 0 fully saturated rings. The van der Waals surface area contributed by atoms with Gasteiger partial charge in [-0.3, -0.25) is 0 Å². The van der Waals surface area contributed by atoms with E-state index < -0.39 is 20.8 Å². The van der Waals surface area contributed by atoms with Crippen molar-refractivity contribution in [2.24, 2.45) is 11.5 Å². The summed E-state index contributed by atoms with van der Waals surface area (Å²) in [7, 11) is -3.75. The van der Waals surface area contributed by atoms with E-state index in [2.05, 4.69) is 4.98 Å². The van der Waals surface area contributed by atoms with Crippen LogP contribution in [0.1, 0.15) is 0 Å². The van der Waals surface area contributed by atoms with Gasteiger partial charge in [0.05, 0.1) is 6.04 Å². The second-order valence-electron chi connectivity index (χ2n) is 3.42. The van der Waals surface area contributed by atoms with Gasteiger partial charge in [0.15, 0.2) is 4.87 Å². The highest BCUT2D eigenvalue weighted by molar-refractivity contribution is 7.94. The topological polar surface area (TPSA) is 99.1 Å². The van der Waals surface area contributed by atoms with Crippen molar-refractivity contribution in [3.63, 3.8) is 0 Å². The molecule has 1 aliphatic carbocycles. The first-order valence-corrected chi connectivity index (χ1v) is 6.89. The molecule has 0 aromatic carbocycles. The van der Waals surface area contributed by atoms with Gasteiger partial charge in [0.2, 0.25) is 14.2 Å². The molecule has 1 heterocycles. The Bertz CT molecular complexity index is 533. The number of thiazole rings is 1. The maximum Gasteiger partial charge on any atom is 0.229 e. The SMILES string of the molecule is NC1C=CC=CC1(N)S(=O)(=O)c1nccs1. The summed E-state index contributed by atoms with van der Waals surface area (Å²) in [5, 5.41) is 1.59. The van der Waals surface area contributed by atoms with E-state index in [0.717, 1.165) is 11.3 Å². The van der Waals surface area contributed by atoms with Crippen molar-refractivity contribution < 1.29 is 8.42 Å². The molecule has 0 bridgehead atoms. The lowest BCUT2D eigenvalue weighted by atomic mass is 10.0. The van der Waals surface area contributed by atoms with Crippen molar-refractivity contribution in [1.82, 2.24) is 4.98 Å². The zero-order chi connectivity index (χ0) is 11.8. The van der Waals surface area contributed by atoms with Crippen molar-refractivity contribution in [1.29, 1.82) is 0 Å². The van der Waals surface area contributed by atoms with Gasteiger partial charge in [-0.15, -0.1) is 11.3 Å². The van der Waals surface area contributed by atoms with Gasteiger partial charge < -0.3 is 11.5 Å². The van der Waals surface area contributed by atoms with Crippen molar-refractivity contribution in [3.8, 4) is 0 Å². The maximum atomic E-state index is 12.2. The van der Waals surface area contributed by atoms with Crippen LogP contribution in [0.4, 0.5) is 0 Å². The minimum Gasteiger partial charge on any atom is -0.322 e. The summed E-state index contributed by atoms with van der Waals surface area (Å²) in [5.41, 5.74) is 11.6. The molecule has 0 saturated carbocycles. The average molecular weight is 257 g/mol. The van der Waals surface area contributed by atoms with Gasteiger partial charge in [-0.1, -0.05) is 18.2 Å². The molecule has 7 heteroatoms. The molecule has 86 valence electrons. The molecule has 2 atom stereocenters. The van der Waals surface area contributed by atoms with Crippen LogP contribution in [0.3, 0.4) is 0 Å². The van der Waals surface area contributed by atoms with Crippen LogP contribution in [0.2, 0.25) is 0 Å². The molecule has 0 saturated heterocycles. The number of allylic oxidation sites excluding steroid dienone is 2. The number of nitrogens with zero attached hydrogens (tertiary/aromatic N) is 1. The Morgan fingerprint density at radius 1 is 1.44 bits per heavy atom. The van der Waals surface area contributed by atoms with E-state index in [-0.39, 0.29) is 4.34 Å². The predicted molar refractivity (Wildman–Crippen MR) is 62.5 cm³/mol. The maximum absolute atomic E-state index is 12.2. The Kier molecular flexibility index (Phi) is 2.70. The minimum atomic E-state index is -3.75. The van der Waals surface area contributed by atoms with E-state index in [9.17, 15) is 8.42 Å². The summed E-state index contributed by atoms with van der Waals surface area (Å²) in [5.74, 6) is 0. The zero-order valence-electron chi connectivity index (χ0n) is 8.28. The predicted octanol–water partition coefficient (Wildman–Crippen LogP) is 0.0251. The lowest BCUT2D eigenvalue weighted by Gasteiger charge is -2.30. The number of nitrogens with two attached hydrogens (primary N) is 2.